The number of hydrogen-bond donors (Lipinski definition) is 2. The smallest absolute Gasteiger partial charge is 0.326 e. The Hall–Kier alpha value is -2.09. The average molecular weight is 326 g/mol. The molecule has 1 rings (SSSR count). The lowest BCUT2D eigenvalue weighted by Crippen LogP contribution is -2.40. The first kappa shape index (κ1) is 18.0. The Balaban J connectivity index is 3.04. The number of unbranched alkanes of at least 4 members (excludes halogenated alkanes) is 1. The molecule has 0 aliphatic heterocycles. The van der Waals surface area contributed by atoms with Gasteiger partial charge in [-0.15, -0.1) is 11.8 Å². The highest BCUT2D eigenvalue weighted by atomic mass is 32.2. The Kier molecular flexibility index (Phi) is 6.84. The van der Waals surface area contributed by atoms with Crippen molar-refractivity contribution in [2.24, 2.45) is 0 Å². The number of nitrogens with one attached hydrogen (secondary N) is 1. The Morgan fingerprint density at radius 1 is 1.45 bits per heavy atom. The summed E-state index contributed by atoms with van der Waals surface area (Å²) in [5.74, 6) is -1.89. The molecule has 0 saturated carbocycles. The first-order valence-corrected chi connectivity index (χ1v) is 7.99. The number of nitro benzene ring substituents is 1. The molecule has 1 amide bonds. The van der Waals surface area contributed by atoms with E-state index in [1.54, 1.807) is 12.3 Å². The number of aliphatic carboxylic acids is 1. The lowest BCUT2D eigenvalue weighted by atomic mass is 10.1. The van der Waals surface area contributed by atoms with Crippen LogP contribution in [0.2, 0.25) is 0 Å². The SMILES string of the molecule is CCCC[C@H](NC(=O)c1cc(SC)ccc1[N+](=O)[O-])C(=O)O. The molecule has 0 aliphatic rings. The van der Waals surface area contributed by atoms with Crippen LogP contribution in [0.5, 0.6) is 0 Å². The lowest BCUT2D eigenvalue weighted by Gasteiger charge is -2.14. The molecule has 1 aromatic rings. The normalized spacial score (nSPS) is 11.7. The van der Waals surface area contributed by atoms with E-state index in [1.165, 1.54) is 23.9 Å². The minimum atomic E-state index is -1.15. The first-order chi connectivity index (χ1) is 10.4. The van der Waals surface area contributed by atoms with Gasteiger partial charge in [0, 0.05) is 11.0 Å². The van der Waals surface area contributed by atoms with Crippen molar-refractivity contribution in [3.05, 3.63) is 33.9 Å². The van der Waals surface area contributed by atoms with Crippen molar-refractivity contribution in [1.82, 2.24) is 5.32 Å². The second-order valence-electron chi connectivity index (χ2n) is 4.65. The van der Waals surface area contributed by atoms with Gasteiger partial charge in [0.05, 0.1) is 4.92 Å². The number of carbonyl (C=O) groups is 2. The van der Waals surface area contributed by atoms with Crippen LogP contribution >= 0.6 is 11.8 Å². The number of amides is 1. The van der Waals surface area contributed by atoms with E-state index >= 15 is 0 Å². The van der Waals surface area contributed by atoms with Gasteiger partial charge in [0.25, 0.3) is 11.6 Å². The molecule has 22 heavy (non-hydrogen) atoms. The molecule has 0 radical (unpaired) electrons. The molecule has 0 aliphatic carbocycles. The molecule has 0 heterocycles. The highest BCUT2D eigenvalue weighted by Crippen LogP contribution is 2.25. The number of nitro groups is 1. The minimum absolute atomic E-state index is 0.125. The highest BCUT2D eigenvalue weighted by molar-refractivity contribution is 7.98. The van der Waals surface area contributed by atoms with Gasteiger partial charge in [0.15, 0.2) is 0 Å². The fraction of sp³-hybridized carbons (Fsp3) is 0.429. The lowest BCUT2D eigenvalue weighted by molar-refractivity contribution is -0.385. The molecular formula is C14H18N2O5S. The summed E-state index contributed by atoms with van der Waals surface area (Å²) < 4.78 is 0. The highest BCUT2D eigenvalue weighted by Gasteiger charge is 2.25. The predicted octanol–water partition coefficient (Wildman–Crippen LogP) is 2.69. The molecule has 1 atom stereocenters. The van der Waals surface area contributed by atoms with E-state index in [4.69, 9.17) is 5.11 Å². The van der Waals surface area contributed by atoms with E-state index in [1.807, 2.05) is 6.92 Å². The third kappa shape index (κ3) is 4.73. The van der Waals surface area contributed by atoms with E-state index in [9.17, 15) is 19.7 Å². The topological polar surface area (TPSA) is 110 Å². The van der Waals surface area contributed by atoms with Gasteiger partial charge in [-0.05, 0) is 24.8 Å². The summed E-state index contributed by atoms with van der Waals surface area (Å²) in [6, 6.07) is 3.15. The fourth-order valence-corrected chi connectivity index (χ4v) is 2.32. The van der Waals surface area contributed by atoms with Crippen LogP contribution in [0.25, 0.3) is 0 Å². The van der Waals surface area contributed by atoms with Gasteiger partial charge in [-0.25, -0.2) is 4.79 Å². The second kappa shape index (κ2) is 8.38. The summed E-state index contributed by atoms with van der Waals surface area (Å²) in [5, 5.41) is 22.5. The first-order valence-electron chi connectivity index (χ1n) is 6.76. The van der Waals surface area contributed by atoms with Crippen LogP contribution in [0.3, 0.4) is 0 Å². The van der Waals surface area contributed by atoms with Crippen molar-refractivity contribution >= 4 is 29.3 Å². The molecule has 0 aromatic heterocycles. The number of rotatable bonds is 8. The van der Waals surface area contributed by atoms with Crippen molar-refractivity contribution in [3.8, 4) is 0 Å². The number of thioether (sulfide) groups is 1. The molecular weight excluding hydrogens is 308 g/mol. The van der Waals surface area contributed by atoms with E-state index in [2.05, 4.69) is 5.32 Å². The monoisotopic (exact) mass is 326 g/mol. The summed E-state index contributed by atoms with van der Waals surface area (Å²) in [6.45, 7) is 1.91. The van der Waals surface area contributed by atoms with Gasteiger partial charge in [-0.3, -0.25) is 14.9 Å². The van der Waals surface area contributed by atoms with Crippen LogP contribution in [0, 0.1) is 10.1 Å². The summed E-state index contributed by atoms with van der Waals surface area (Å²) in [7, 11) is 0. The summed E-state index contributed by atoms with van der Waals surface area (Å²) >= 11 is 1.34. The van der Waals surface area contributed by atoms with Gasteiger partial charge in [0.1, 0.15) is 11.6 Å². The molecule has 0 unspecified atom stereocenters. The van der Waals surface area contributed by atoms with Crippen LogP contribution in [0.15, 0.2) is 23.1 Å². The maximum atomic E-state index is 12.2. The Morgan fingerprint density at radius 2 is 2.14 bits per heavy atom. The Labute approximate surface area is 132 Å². The molecule has 0 bridgehead atoms. The number of nitrogens with zero attached hydrogens (tertiary/aromatic N) is 1. The molecule has 2 N–H and O–H groups in total. The standard InChI is InChI=1S/C14H18N2O5S/c1-3-4-5-11(14(18)19)15-13(17)10-8-9(22-2)6-7-12(10)16(20)21/h6-8,11H,3-5H2,1-2H3,(H,15,17)(H,18,19)/t11-/m0/s1. The molecule has 8 heteroatoms. The number of carboxylic acids is 1. The maximum Gasteiger partial charge on any atom is 0.326 e. The van der Waals surface area contributed by atoms with Crippen LogP contribution < -0.4 is 5.32 Å². The van der Waals surface area contributed by atoms with Crippen molar-refractivity contribution in [2.75, 3.05) is 6.26 Å². The third-order valence-corrected chi connectivity index (χ3v) is 3.82. The molecule has 0 spiro atoms. The number of benzene rings is 1. The van der Waals surface area contributed by atoms with Gasteiger partial charge in [-0.1, -0.05) is 19.8 Å². The van der Waals surface area contributed by atoms with Crippen LogP contribution in [-0.2, 0) is 4.79 Å². The molecule has 0 saturated heterocycles. The number of hydrogen-bond acceptors (Lipinski definition) is 5. The molecule has 7 nitrogen and oxygen atoms in total. The molecule has 120 valence electrons. The van der Waals surface area contributed by atoms with E-state index in [-0.39, 0.29) is 17.7 Å². The third-order valence-electron chi connectivity index (χ3n) is 3.09. The summed E-state index contributed by atoms with van der Waals surface area (Å²) in [4.78, 5) is 34.4. The number of carbonyl (C=O) groups excluding carboxylic acids is 1. The van der Waals surface area contributed by atoms with Crippen LogP contribution in [0.4, 0.5) is 5.69 Å². The predicted molar refractivity (Wildman–Crippen MR) is 83.3 cm³/mol. The zero-order chi connectivity index (χ0) is 16.7. The maximum absolute atomic E-state index is 12.2. The van der Waals surface area contributed by atoms with Crippen molar-refractivity contribution in [3.63, 3.8) is 0 Å². The number of carboxylic acid groups (broad SMARTS) is 1. The van der Waals surface area contributed by atoms with Gasteiger partial charge < -0.3 is 10.4 Å². The van der Waals surface area contributed by atoms with Crippen LogP contribution in [0.1, 0.15) is 36.5 Å². The zero-order valence-corrected chi connectivity index (χ0v) is 13.2. The largest absolute Gasteiger partial charge is 0.480 e. The molecule has 0 fully saturated rings. The average Bonchev–Trinajstić information content (AvgIpc) is 2.49. The van der Waals surface area contributed by atoms with E-state index < -0.39 is 22.8 Å². The van der Waals surface area contributed by atoms with Gasteiger partial charge in [-0.2, -0.15) is 0 Å². The van der Waals surface area contributed by atoms with Gasteiger partial charge >= 0.3 is 5.97 Å². The second-order valence-corrected chi connectivity index (χ2v) is 5.53. The van der Waals surface area contributed by atoms with E-state index in [0.29, 0.717) is 11.3 Å². The summed E-state index contributed by atoms with van der Waals surface area (Å²) in [5.41, 5.74) is -0.463. The summed E-state index contributed by atoms with van der Waals surface area (Å²) in [6.07, 6.45) is 3.50. The fourth-order valence-electron chi connectivity index (χ4n) is 1.88. The zero-order valence-electron chi connectivity index (χ0n) is 12.4. The molecule has 1 aromatic carbocycles. The minimum Gasteiger partial charge on any atom is -0.480 e. The van der Waals surface area contributed by atoms with Crippen LogP contribution in [-0.4, -0.2) is 34.2 Å². The van der Waals surface area contributed by atoms with E-state index in [0.717, 1.165) is 6.42 Å². The van der Waals surface area contributed by atoms with Crippen molar-refractivity contribution in [1.29, 1.82) is 0 Å². The Morgan fingerprint density at radius 3 is 2.64 bits per heavy atom. The Bertz CT molecular complexity index is 576. The van der Waals surface area contributed by atoms with Crippen molar-refractivity contribution < 1.29 is 19.6 Å². The van der Waals surface area contributed by atoms with Crippen molar-refractivity contribution in [2.45, 2.75) is 37.1 Å². The quantitative estimate of drug-likeness (QED) is 0.432. The van der Waals surface area contributed by atoms with Gasteiger partial charge in [0.2, 0.25) is 0 Å².